The van der Waals surface area contributed by atoms with Crippen LogP contribution in [0.4, 0.5) is 5.69 Å². The van der Waals surface area contributed by atoms with Gasteiger partial charge < -0.3 is 5.11 Å². The van der Waals surface area contributed by atoms with Crippen LogP contribution >= 0.6 is 22.9 Å². The van der Waals surface area contributed by atoms with E-state index >= 15 is 0 Å². The fourth-order valence-corrected chi connectivity index (χ4v) is 3.08. The maximum atomic E-state index is 12.2. The highest BCUT2D eigenvalue weighted by Gasteiger charge is 2.15. The van der Waals surface area contributed by atoms with Crippen molar-refractivity contribution >= 4 is 51.7 Å². The summed E-state index contributed by atoms with van der Waals surface area (Å²) in [4.78, 5) is 37.8. The van der Waals surface area contributed by atoms with Crippen LogP contribution < -0.4 is 5.56 Å². The summed E-state index contributed by atoms with van der Waals surface area (Å²) in [5.41, 5.74) is 0.0248. The molecule has 3 rings (SSSR count). The van der Waals surface area contributed by atoms with Crippen LogP contribution in [0.15, 0.2) is 35.3 Å². The topological polar surface area (TPSA) is 115 Å². The van der Waals surface area contributed by atoms with E-state index in [0.717, 1.165) is 21.9 Å². The minimum atomic E-state index is -1.17. The normalized spacial score (nSPS) is 11.2. The minimum absolute atomic E-state index is 0.0412. The van der Waals surface area contributed by atoms with Crippen LogP contribution in [0.25, 0.3) is 17.1 Å². The number of nitrogens with zero attached hydrogens (tertiary/aromatic N) is 3. The number of thiazole rings is 1. The number of nitro groups is 1. The lowest BCUT2D eigenvalue weighted by atomic mass is 10.2. The minimum Gasteiger partial charge on any atom is -0.477 e. The lowest BCUT2D eigenvalue weighted by Crippen LogP contribution is -2.14. The van der Waals surface area contributed by atoms with Gasteiger partial charge in [0.2, 0.25) is 0 Å². The van der Waals surface area contributed by atoms with Gasteiger partial charge >= 0.3 is 5.97 Å². The van der Waals surface area contributed by atoms with E-state index in [1.165, 1.54) is 30.4 Å². The Morgan fingerprint density at radius 1 is 1.40 bits per heavy atom. The third kappa shape index (κ3) is 3.28. The van der Waals surface area contributed by atoms with Gasteiger partial charge in [-0.3, -0.25) is 19.3 Å². The number of hydrogen-bond donors (Lipinski definition) is 1. The van der Waals surface area contributed by atoms with Crippen molar-refractivity contribution in [1.29, 1.82) is 0 Å². The Bertz CT molecular complexity index is 1100. The summed E-state index contributed by atoms with van der Waals surface area (Å²) in [6, 6.07) is 5.91. The van der Waals surface area contributed by atoms with E-state index in [-0.39, 0.29) is 26.2 Å². The monoisotopic (exact) mass is 377 g/mol. The van der Waals surface area contributed by atoms with Crippen molar-refractivity contribution in [3.05, 3.63) is 72.1 Å². The molecule has 0 fully saturated rings. The molecule has 0 saturated carbocycles. The molecule has 25 heavy (non-hydrogen) atoms. The number of carboxylic acids is 1. The van der Waals surface area contributed by atoms with Crippen molar-refractivity contribution in [2.45, 2.75) is 0 Å². The fourth-order valence-electron chi connectivity index (χ4n) is 2.06. The summed E-state index contributed by atoms with van der Waals surface area (Å²) < 4.78 is 1.07. The van der Waals surface area contributed by atoms with Crippen LogP contribution in [0, 0.1) is 10.1 Å². The number of nitro benzene ring substituents is 1. The summed E-state index contributed by atoms with van der Waals surface area (Å²) >= 11 is 6.85. The second kappa shape index (κ2) is 6.46. The number of fused-ring (bicyclic) bond motifs is 1. The van der Waals surface area contributed by atoms with Gasteiger partial charge in [0, 0.05) is 18.3 Å². The molecule has 0 aliphatic heterocycles. The quantitative estimate of drug-likeness (QED) is 0.551. The zero-order valence-corrected chi connectivity index (χ0v) is 13.8. The molecule has 0 amide bonds. The molecular formula is C15H8ClN3O5S. The van der Waals surface area contributed by atoms with Crippen LogP contribution in [0.5, 0.6) is 0 Å². The largest absolute Gasteiger partial charge is 0.477 e. The first-order valence-corrected chi connectivity index (χ1v) is 7.94. The molecular weight excluding hydrogens is 370 g/mol. The Morgan fingerprint density at radius 3 is 2.84 bits per heavy atom. The number of aromatic nitrogens is 2. The van der Waals surface area contributed by atoms with E-state index in [1.54, 1.807) is 6.07 Å². The molecule has 0 bridgehead atoms. The molecule has 1 N–H and O–H groups in total. The first kappa shape index (κ1) is 16.8. The molecule has 0 radical (unpaired) electrons. The molecule has 10 heteroatoms. The maximum absolute atomic E-state index is 12.2. The number of carboxylic acid groups (broad SMARTS) is 1. The van der Waals surface area contributed by atoms with Crippen molar-refractivity contribution in [3.63, 3.8) is 0 Å². The summed E-state index contributed by atoms with van der Waals surface area (Å²) in [6.07, 6.45) is 4.14. The number of halogens is 1. The van der Waals surface area contributed by atoms with Gasteiger partial charge in [0.1, 0.15) is 9.90 Å². The molecule has 0 saturated heterocycles. The number of hydrogen-bond acceptors (Lipinski definition) is 6. The van der Waals surface area contributed by atoms with Crippen molar-refractivity contribution < 1.29 is 14.8 Å². The number of rotatable bonds is 4. The van der Waals surface area contributed by atoms with Crippen molar-refractivity contribution in [2.24, 2.45) is 0 Å². The Balaban J connectivity index is 2.05. The first-order chi connectivity index (χ1) is 11.9. The number of aromatic carboxylic acids is 1. The van der Waals surface area contributed by atoms with Crippen LogP contribution in [-0.2, 0) is 0 Å². The molecule has 0 atom stereocenters. The van der Waals surface area contributed by atoms with Gasteiger partial charge in [0.05, 0.1) is 10.6 Å². The van der Waals surface area contributed by atoms with Gasteiger partial charge in [-0.25, -0.2) is 9.78 Å². The number of benzene rings is 1. The van der Waals surface area contributed by atoms with Crippen LogP contribution in [0.1, 0.15) is 20.9 Å². The predicted molar refractivity (Wildman–Crippen MR) is 93.3 cm³/mol. The van der Waals surface area contributed by atoms with E-state index in [0.29, 0.717) is 5.56 Å². The molecule has 0 spiro atoms. The number of carbonyl (C=O) groups is 1. The first-order valence-electron chi connectivity index (χ1n) is 6.74. The van der Waals surface area contributed by atoms with E-state index < -0.39 is 16.5 Å². The summed E-state index contributed by atoms with van der Waals surface area (Å²) in [7, 11) is 0. The van der Waals surface area contributed by atoms with Gasteiger partial charge in [0.15, 0.2) is 4.96 Å². The molecule has 2 heterocycles. The lowest BCUT2D eigenvalue weighted by Gasteiger charge is -1.99. The zero-order chi connectivity index (χ0) is 18.1. The van der Waals surface area contributed by atoms with Crippen LogP contribution in [0.3, 0.4) is 0 Å². The Labute approximate surface area is 148 Å². The molecule has 0 aliphatic rings. The standard InChI is InChI=1S/C15H8ClN3O5S/c16-12-10(5-4-8-2-1-3-9(6-8)19(23)24)17-15-18(13(12)20)7-11(25-15)14(21)22/h1-7H,(H,21,22). The van der Waals surface area contributed by atoms with Crippen molar-refractivity contribution in [1.82, 2.24) is 9.38 Å². The fraction of sp³-hybridized carbons (Fsp3) is 0. The van der Waals surface area contributed by atoms with Gasteiger partial charge in [-0.2, -0.15) is 0 Å². The second-order valence-corrected chi connectivity index (χ2v) is 6.24. The Hall–Kier alpha value is -3.04. The molecule has 0 aliphatic carbocycles. The highest BCUT2D eigenvalue weighted by molar-refractivity contribution is 7.18. The van der Waals surface area contributed by atoms with Crippen molar-refractivity contribution in [3.8, 4) is 0 Å². The van der Waals surface area contributed by atoms with Crippen LogP contribution in [-0.4, -0.2) is 25.4 Å². The van der Waals surface area contributed by atoms with Crippen LogP contribution in [0.2, 0.25) is 5.02 Å². The predicted octanol–water partition coefficient (Wildman–Crippen LogP) is 3.19. The third-order valence-electron chi connectivity index (χ3n) is 3.23. The van der Waals surface area contributed by atoms with Gasteiger partial charge in [-0.1, -0.05) is 41.1 Å². The third-order valence-corrected chi connectivity index (χ3v) is 4.55. The summed E-state index contributed by atoms with van der Waals surface area (Å²) in [6.45, 7) is 0. The van der Waals surface area contributed by atoms with Gasteiger partial charge in [-0.15, -0.1) is 0 Å². The average Bonchev–Trinajstić information content (AvgIpc) is 3.01. The molecule has 2 aromatic heterocycles. The molecule has 8 nitrogen and oxygen atoms in total. The smallest absolute Gasteiger partial charge is 0.347 e. The molecule has 1 aromatic carbocycles. The van der Waals surface area contributed by atoms with Gasteiger partial charge in [-0.05, 0) is 11.6 Å². The van der Waals surface area contributed by atoms with E-state index in [2.05, 4.69) is 4.98 Å². The maximum Gasteiger partial charge on any atom is 0.347 e. The van der Waals surface area contributed by atoms with E-state index in [9.17, 15) is 19.7 Å². The highest BCUT2D eigenvalue weighted by Crippen LogP contribution is 2.20. The Kier molecular flexibility index (Phi) is 4.34. The molecule has 3 aromatic rings. The number of non-ortho nitro benzene ring substituents is 1. The van der Waals surface area contributed by atoms with Gasteiger partial charge in [0.25, 0.3) is 11.2 Å². The molecule has 0 unspecified atom stereocenters. The molecule has 126 valence electrons. The van der Waals surface area contributed by atoms with Crippen molar-refractivity contribution in [2.75, 3.05) is 0 Å². The summed E-state index contributed by atoms with van der Waals surface area (Å²) in [5.74, 6) is -1.17. The second-order valence-electron chi connectivity index (χ2n) is 4.85. The SMILES string of the molecule is O=C(O)c1cn2c(=O)c(Cl)c(C=Cc3cccc([N+](=O)[O-])c3)nc2s1. The highest BCUT2D eigenvalue weighted by atomic mass is 35.5. The summed E-state index contributed by atoms with van der Waals surface area (Å²) in [5, 5.41) is 19.6. The Morgan fingerprint density at radius 2 is 2.16 bits per heavy atom. The van der Waals surface area contributed by atoms with E-state index in [1.807, 2.05) is 0 Å². The zero-order valence-electron chi connectivity index (χ0n) is 12.2. The van der Waals surface area contributed by atoms with E-state index in [4.69, 9.17) is 16.7 Å². The lowest BCUT2D eigenvalue weighted by molar-refractivity contribution is -0.384. The average molecular weight is 378 g/mol.